The maximum absolute atomic E-state index is 13.9. The van der Waals surface area contributed by atoms with Crippen molar-refractivity contribution in [3.63, 3.8) is 0 Å². The highest BCUT2D eigenvalue weighted by atomic mass is 35.5. The first-order valence-electron chi connectivity index (χ1n) is 5.87. The molecule has 0 bridgehead atoms. The van der Waals surface area contributed by atoms with Crippen molar-refractivity contribution in [2.45, 2.75) is 18.9 Å². The van der Waals surface area contributed by atoms with Gasteiger partial charge < -0.3 is 21.1 Å². The molecule has 0 aliphatic carbocycles. The summed E-state index contributed by atoms with van der Waals surface area (Å²) in [5.41, 5.74) is 11.6. The normalized spacial score (nSPS) is 17.9. The van der Waals surface area contributed by atoms with E-state index in [2.05, 4.69) is 4.90 Å². The van der Waals surface area contributed by atoms with Gasteiger partial charge in [0.1, 0.15) is 11.1 Å². The molecule has 0 aromatic heterocycles. The van der Waals surface area contributed by atoms with Crippen LogP contribution < -0.4 is 16.2 Å². The van der Waals surface area contributed by atoms with Crippen molar-refractivity contribution in [2.75, 3.05) is 31.6 Å². The molecule has 0 radical (unpaired) electrons. The van der Waals surface area contributed by atoms with Crippen LogP contribution in [-0.2, 0) is 0 Å². The molecule has 0 amide bonds. The Hall–Kier alpha value is -1.20. The highest BCUT2D eigenvalue weighted by molar-refractivity contribution is 6.33. The molecule has 4 nitrogen and oxygen atoms in total. The molecule has 0 unspecified atom stereocenters. The summed E-state index contributed by atoms with van der Waals surface area (Å²) in [5, 5.41) is -0.132. The molecular formula is C12H17ClFN3O. The molecule has 1 heterocycles. The predicted molar refractivity (Wildman–Crippen MR) is 71.4 cm³/mol. The lowest BCUT2D eigenvalue weighted by Gasteiger charge is -2.29. The maximum Gasteiger partial charge on any atom is 0.187 e. The Morgan fingerprint density at radius 1 is 1.33 bits per heavy atom. The molecule has 1 aliphatic heterocycles. The smallest absolute Gasteiger partial charge is 0.187 e. The Kier molecular flexibility index (Phi) is 3.82. The van der Waals surface area contributed by atoms with Crippen LogP contribution in [0.2, 0.25) is 5.02 Å². The number of hydrogen-bond acceptors (Lipinski definition) is 4. The van der Waals surface area contributed by atoms with Gasteiger partial charge in [-0.25, -0.2) is 4.39 Å². The van der Waals surface area contributed by atoms with Gasteiger partial charge in [0.2, 0.25) is 0 Å². The molecular weight excluding hydrogens is 257 g/mol. The molecule has 2 rings (SSSR count). The number of halogens is 2. The molecule has 6 heteroatoms. The molecule has 4 N–H and O–H groups in total. The Morgan fingerprint density at radius 2 is 1.94 bits per heavy atom. The number of nitrogens with zero attached hydrogens (tertiary/aromatic N) is 1. The second-order valence-corrected chi connectivity index (χ2v) is 5.01. The van der Waals surface area contributed by atoms with E-state index in [9.17, 15) is 4.39 Å². The van der Waals surface area contributed by atoms with Crippen LogP contribution in [0.3, 0.4) is 0 Å². The number of likely N-dealkylation sites (tertiary alicyclic amines) is 1. The van der Waals surface area contributed by atoms with Gasteiger partial charge in [-0.2, -0.15) is 0 Å². The number of anilines is 2. The summed E-state index contributed by atoms with van der Waals surface area (Å²) in [7, 11) is 2.05. The number of benzene rings is 1. The number of piperidine rings is 1. The van der Waals surface area contributed by atoms with Crippen molar-refractivity contribution in [3.8, 4) is 5.75 Å². The van der Waals surface area contributed by atoms with E-state index in [4.69, 9.17) is 27.8 Å². The minimum absolute atomic E-state index is 0.0174. The van der Waals surface area contributed by atoms with Gasteiger partial charge in [-0.1, -0.05) is 11.6 Å². The average molecular weight is 274 g/mol. The lowest BCUT2D eigenvalue weighted by molar-refractivity contribution is 0.111. The van der Waals surface area contributed by atoms with Crippen LogP contribution in [0.1, 0.15) is 12.8 Å². The largest absolute Gasteiger partial charge is 0.485 e. The van der Waals surface area contributed by atoms with Gasteiger partial charge in [-0.3, -0.25) is 0 Å². The van der Waals surface area contributed by atoms with E-state index in [0.717, 1.165) is 25.9 Å². The van der Waals surface area contributed by atoms with Gasteiger partial charge in [0, 0.05) is 13.1 Å². The Balaban J connectivity index is 2.16. The zero-order valence-electron chi connectivity index (χ0n) is 10.2. The maximum atomic E-state index is 13.9. The lowest BCUT2D eigenvalue weighted by Crippen LogP contribution is -2.35. The van der Waals surface area contributed by atoms with E-state index in [1.165, 1.54) is 6.07 Å². The van der Waals surface area contributed by atoms with Crippen LogP contribution in [-0.4, -0.2) is 31.1 Å². The number of hydrogen-bond donors (Lipinski definition) is 2. The van der Waals surface area contributed by atoms with E-state index in [1.807, 2.05) is 7.05 Å². The van der Waals surface area contributed by atoms with E-state index >= 15 is 0 Å². The average Bonchev–Trinajstić information content (AvgIpc) is 2.34. The first-order chi connectivity index (χ1) is 8.49. The summed E-state index contributed by atoms with van der Waals surface area (Å²) < 4.78 is 19.6. The summed E-state index contributed by atoms with van der Waals surface area (Å²) in [6.45, 7) is 1.85. The SMILES string of the molecule is CN1CCC(Oc2c(N)cc(N)c(Cl)c2F)CC1. The number of ether oxygens (including phenoxy) is 1. The van der Waals surface area contributed by atoms with Crippen molar-refractivity contribution in [2.24, 2.45) is 0 Å². The van der Waals surface area contributed by atoms with Crippen molar-refractivity contribution in [3.05, 3.63) is 16.9 Å². The summed E-state index contributed by atoms with van der Waals surface area (Å²) in [5.74, 6) is -0.656. The number of nitrogen functional groups attached to an aromatic ring is 2. The van der Waals surface area contributed by atoms with E-state index in [-0.39, 0.29) is 28.3 Å². The molecule has 100 valence electrons. The number of rotatable bonds is 2. The fourth-order valence-electron chi connectivity index (χ4n) is 2.04. The highest BCUT2D eigenvalue weighted by Crippen LogP contribution is 2.36. The van der Waals surface area contributed by atoms with Crippen molar-refractivity contribution < 1.29 is 9.13 Å². The van der Waals surface area contributed by atoms with Gasteiger partial charge in [-0.15, -0.1) is 0 Å². The molecule has 1 aromatic carbocycles. The predicted octanol–water partition coefficient (Wildman–Crippen LogP) is 2.12. The van der Waals surface area contributed by atoms with Gasteiger partial charge in [-0.05, 0) is 26.0 Å². The van der Waals surface area contributed by atoms with E-state index in [0.29, 0.717) is 0 Å². The zero-order valence-corrected chi connectivity index (χ0v) is 11.0. The summed E-state index contributed by atoms with van der Waals surface area (Å²) >= 11 is 5.75. The van der Waals surface area contributed by atoms with Crippen LogP contribution in [0, 0.1) is 5.82 Å². The second-order valence-electron chi connectivity index (χ2n) is 4.63. The number of nitrogens with two attached hydrogens (primary N) is 2. The summed E-state index contributed by atoms with van der Waals surface area (Å²) in [4.78, 5) is 2.20. The first kappa shape index (κ1) is 13.2. The van der Waals surface area contributed by atoms with Crippen LogP contribution in [0.5, 0.6) is 5.75 Å². The van der Waals surface area contributed by atoms with Crippen molar-refractivity contribution >= 4 is 23.0 Å². The molecule has 0 spiro atoms. The minimum atomic E-state index is -0.673. The van der Waals surface area contributed by atoms with Crippen molar-refractivity contribution in [1.82, 2.24) is 4.90 Å². The lowest BCUT2D eigenvalue weighted by atomic mass is 10.1. The molecule has 18 heavy (non-hydrogen) atoms. The fourth-order valence-corrected chi connectivity index (χ4v) is 2.18. The fraction of sp³-hybridized carbons (Fsp3) is 0.500. The van der Waals surface area contributed by atoms with Crippen LogP contribution in [0.25, 0.3) is 0 Å². The molecule has 1 aliphatic rings. The van der Waals surface area contributed by atoms with Gasteiger partial charge in [0.15, 0.2) is 11.6 Å². The van der Waals surface area contributed by atoms with Crippen LogP contribution >= 0.6 is 11.6 Å². The molecule has 0 saturated carbocycles. The van der Waals surface area contributed by atoms with E-state index < -0.39 is 5.82 Å². The highest BCUT2D eigenvalue weighted by Gasteiger charge is 2.22. The van der Waals surface area contributed by atoms with Crippen LogP contribution in [0.15, 0.2) is 6.07 Å². The standard InChI is InChI=1S/C12H17ClFN3O/c1-17-4-2-7(3-5-17)18-12-9(16)6-8(15)10(13)11(12)14/h6-7H,2-5,15-16H2,1H3. The van der Waals surface area contributed by atoms with Gasteiger partial charge in [0.05, 0.1) is 11.4 Å². The van der Waals surface area contributed by atoms with Gasteiger partial charge >= 0.3 is 0 Å². The summed E-state index contributed by atoms with van der Waals surface area (Å²) in [6, 6.07) is 1.43. The quantitative estimate of drug-likeness (QED) is 0.810. The Labute approximate surface area is 111 Å². The molecule has 1 fully saturated rings. The second kappa shape index (κ2) is 5.20. The summed E-state index contributed by atoms with van der Waals surface area (Å²) in [6.07, 6.45) is 1.66. The third kappa shape index (κ3) is 2.62. The van der Waals surface area contributed by atoms with Crippen molar-refractivity contribution in [1.29, 1.82) is 0 Å². The van der Waals surface area contributed by atoms with Crippen LogP contribution in [0.4, 0.5) is 15.8 Å². The molecule has 0 atom stereocenters. The molecule has 1 aromatic rings. The minimum Gasteiger partial charge on any atom is -0.485 e. The van der Waals surface area contributed by atoms with Gasteiger partial charge in [0.25, 0.3) is 0 Å². The van der Waals surface area contributed by atoms with E-state index in [1.54, 1.807) is 0 Å². The third-order valence-electron chi connectivity index (χ3n) is 3.17. The third-order valence-corrected chi connectivity index (χ3v) is 3.55. The first-order valence-corrected chi connectivity index (χ1v) is 6.25. The Bertz CT molecular complexity index is 447. The Morgan fingerprint density at radius 3 is 2.56 bits per heavy atom. The zero-order chi connectivity index (χ0) is 13.3. The molecule has 1 saturated heterocycles. The topological polar surface area (TPSA) is 64.5 Å². The monoisotopic (exact) mass is 273 g/mol.